The van der Waals surface area contributed by atoms with Crippen molar-refractivity contribution in [3.8, 4) is 0 Å². The Morgan fingerprint density at radius 1 is 1.40 bits per heavy atom. The number of nitro benzene ring substituents is 1. The summed E-state index contributed by atoms with van der Waals surface area (Å²) in [7, 11) is 0. The molecule has 0 atom stereocenters. The van der Waals surface area contributed by atoms with Gasteiger partial charge in [-0.1, -0.05) is 0 Å². The van der Waals surface area contributed by atoms with Crippen LogP contribution in [0.3, 0.4) is 0 Å². The van der Waals surface area contributed by atoms with Crippen molar-refractivity contribution in [1.29, 1.82) is 0 Å². The van der Waals surface area contributed by atoms with E-state index in [1.54, 1.807) is 6.07 Å². The lowest BCUT2D eigenvalue weighted by molar-refractivity contribution is -0.384. The highest BCUT2D eigenvalue weighted by Crippen LogP contribution is 2.31. The zero-order valence-corrected chi connectivity index (χ0v) is 7.99. The van der Waals surface area contributed by atoms with Crippen LogP contribution < -0.4 is 0 Å². The first-order valence-electron chi connectivity index (χ1n) is 4.90. The maximum absolute atomic E-state index is 10.7. The number of benzene rings is 1. The van der Waals surface area contributed by atoms with Crippen molar-refractivity contribution in [3.63, 3.8) is 0 Å². The van der Waals surface area contributed by atoms with Gasteiger partial charge < -0.3 is 0 Å². The highest BCUT2D eigenvalue weighted by molar-refractivity contribution is 5.87. The second kappa shape index (κ2) is 2.79. The molecule has 0 radical (unpaired) electrons. The number of rotatable bonds is 1. The van der Waals surface area contributed by atoms with Gasteiger partial charge in [0, 0.05) is 23.2 Å². The van der Waals surface area contributed by atoms with Gasteiger partial charge >= 0.3 is 0 Å². The fraction of sp³-hybridized carbons (Fsp3) is 0.300. The minimum atomic E-state index is -0.362. The summed E-state index contributed by atoms with van der Waals surface area (Å²) in [6.45, 7) is 0. The van der Waals surface area contributed by atoms with Gasteiger partial charge in [0.05, 0.1) is 10.4 Å². The average Bonchev–Trinajstić information content (AvgIpc) is 2.64. The zero-order valence-electron chi connectivity index (χ0n) is 7.99. The molecule has 0 fully saturated rings. The van der Waals surface area contributed by atoms with Gasteiger partial charge in [-0.05, 0) is 24.8 Å². The predicted molar refractivity (Wildman–Crippen MR) is 54.8 cm³/mol. The summed E-state index contributed by atoms with van der Waals surface area (Å²) in [5, 5.41) is 18.8. The Morgan fingerprint density at radius 2 is 2.27 bits per heavy atom. The quantitative estimate of drug-likeness (QED) is 0.568. The second-order valence-electron chi connectivity index (χ2n) is 3.81. The average molecular weight is 203 g/mol. The molecule has 0 aliphatic heterocycles. The van der Waals surface area contributed by atoms with Crippen LogP contribution in [-0.2, 0) is 12.8 Å². The summed E-state index contributed by atoms with van der Waals surface area (Å²) in [4.78, 5) is 10.3. The summed E-state index contributed by atoms with van der Waals surface area (Å²) in [6.07, 6.45) is 2.93. The molecule has 5 nitrogen and oxygen atoms in total. The Hall–Kier alpha value is -1.91. The van der Waals surface area contributed by atoms with E-state index in [4.69, 9.17) is 0 Å². The number of nitrogens with one attached hydrogen (secondary N) is 1. The molecule has 2 aromatic rings. The van der Waals surface area contributed by atoms with E-state index in [1.165, 1.54) is 6.07 Å². The van der Waals surface area contributed by atoms with Crippen LogP contribution in [0, 0.1) is 10.1 Å². The Labute approximate surface area is 85.3 Å². The molecular formula is C10H9N3O2. The largest absolute Gasteiger partial charge is 0.281 e. The van der Waals surface area contributed by atoms with Crippen LogP contribution >= 0.6 is 0 Å². The van der Waals surface area contributed by atoms with Gasteiger partial charge in [0.2, 0.25) is 0 Å². The van der Waals surface area contributed by atoms with Gasteiger partial charge in [-0.15, -0.1) is 0 Å². The van der Waals surface area contributed by atoms with E-state index in [2.05, 4.69) is 10.2 Å². The van der Waals surface area contributed by atoms with E-state index in [-0.39, 0.29) is 10.6 Å². The van der Waals surface area contributed by atoms with Crippen molar-refractivity contribution >= 4 is 16.6 Å². The molecule has 1 aliphatic rings. The Kier molecular flexibility index (Phi) is 1.56. The van der Waals surface area contributed by atoms with Crippen LogP contribution in [0.2, 0.25) is 0 Å². The smallest absolute Gasteiger partial charge is 0.271 e. The molecule has 76 valence electrons. The van der Waals surface area contributed by atoms with Crippen LogP contribution in [0.15, 0.2) is 12.1 Å². The lowest BCUT2D eigenvalue weighted by atomic mass is 9.94. The highest BCUT2D eigenvalue weighted by Gasteiger charge is 2.19. The molecule has 1 heterocycles. The number of nitro groups is 1. The fourth-order valence-corrected chi connectivity index (χ4v) is 2.23. The minimum Gasteiger partial charge on any atom is -0.281 e. The Balaban J connectivity index is 2.36. The number of hydrogen-bond donors (Lipinski definition) is 1. The van der Waals surface area contributed by atoms with E-state index in [0.717, 1.165) is 35.9 Å². The maximum Gasteiger partial charge on any atom is 0.271 e. The van der Waals surface area contributed by atoms with Crippen molar-refractivity contribution in [2.24, 2.45) is 0 Å². The minimum absolute atomic E-state index is 0.137. The maximum atomic E-state index is 10.7. The lowest BCUT2D eigenvalue weighted by Crippen LogP contribution is -2.00. The predicted octanol–water partition coefficient (Wildman–Crippen LogP) is 1.96. The van der Waals surface area contributed by atoms with Crippen LogP contribution in [-0.4, -0.2) is 15.1 Å². The summed E-state index contributed by atoms with van der Waals surface area (Å²) < 4.78 is 0. The summed E-state index contributed by atoms with van der Waals surface area (Å²) in [5.41, 5.74) is 3.02. The number of nitrogens with zero attached hydrogens (tertiary/aromatic N) is 2. The van der Waals surface area contributed by atoms with Crippen molar-refractivity contribution in [2.75, 3.05) is 0 Å². The number of aromatic nitrogens is 2. The number of hydrogen-bond acceptors (Lipinski definition) is 3. The third-order valence-corrected chi connectivity index (χ3v) is 2.88. The molecule has 15 heavy (non-hydrogen) atoms. The van der Waals surface area contributed by atoms with Gasteiger partial charge in [-0.2, -0.15) is 5.10 Å². The van der Waals surface area contributed by atoms with Gasteiger partial charge in [-0.3, -0.25) is 15.2 Å². The summed E-state index contributed by atoms with van der Waals surface area (Å²) in [6, 6.07) is 3.20. The zero-order chi connectivity index (χ0) is 10.4. The van der Waals surface area contributed by atoms with E-state index >= 15 is 0 Å². The fourth-order valence-electron chi connectivity index (χ4n) is 2.23. The first-order chi connectivity index (χ1) is 7.25. The van der Waals surface area contributed by atoms with Gasteiger partial charge in [0.1, 0.15) is 0 Å². The monoisotopic (exact) mass is 203 g/mol. The lowest BCUT2D eigenvalue weighted by Gasteiger charge is -2.10. The molecule has 0 unspecified atom stereocenters. The number of H-pyrrole nitrogens is 1. The molecule has 1 aliphatic carbocycles. The summed E-state index contributed by atoms with van der Waals surface area (Å²) >= 11 is 0. The Bertz CT molecular complexity index is 559. The third kappa shape index (κ3) is 1.12. The van der Waals surface area contributed by atoms with Crippen molar-refractivity contribution in [3.05, 3.63) is 33.5 Å². The van der Waals surface area contributed by atoms with Crippen molar-refractivity contribution in [2.45, 2.75) is 19.3 Å². The van der Waals surface area contributed by atoms with E-state index in [1.807, 2.05) is 0 Å². The number of non-ortho nitro benzene ring substituents is 1. The first-order valence-corrected chi connectivity index (χ1v) is 4.90. The van der Waals surface area contributed by atoms with Gasteiger partial charge in [-0.25, -0.2) is 0 Å². The highest BCUT2D eigenvalue weighted by atomic mass is 16.6. The van der Waals surface area contributed by atoms with E-state index in [9.17, 15) is 10.1 Å². The second-order valence-corrected chi connectivity index (χ2v) is 3.81. The molecule has 0 saturated heterocycles. The Morgan fingerprint density at radius 3 is 3.07 bits per heavy atom. The van der Waals surface area contributed by atoms with Crippen LogP contribution in [0.25, 0.3) is 10.9 Å². The number of aryl methyl sites for hydroxylation is 2. The standard InChI is InChI=1S/C10H9N3O2/c14-13(15)7-4-6-2-1-3-8-10(6)9(5-7)12-11-8/h4-5H,1-3H2,(H,11,12). The van der Waals surface area contributed by atoms with Gasteiger partial charge in [0.25, 0.3) is 5.69 Å². The molecule has 1 aromatic carbocycles. The molecular weight excluding hydrogens is 194 g/mol. The van der Waals surface area contributed by atoms with Crippen LogP contribution in [0.5, 0.6) is 0 Å². The van der Waals surface area contributed by atoms with Crippen molar-refractivity contribution < 1.29 is 4.92 Å². The van der Waals surface area contributed by atoms with Gasteiger partial charge in [0.15, 0.2) is 0 Å². The van der Waals surface area contributed by atoms with E-state index < -0.39 is 0 Å². The summed E-state index contributed by atoms with van der Waals surface area (Å²) in [5.74, 6) is 0. The third-order valence-electron chi connectivity index (χ3n) is 2.88. The van der Waals surface area contributed by atoms with E-state index in [0.29, 0.717) is 5.52 Å². The molecule has 0 spiro atoms. The molecule has 1 N–H and O–H groups in total. The molecule has 3 rings (SSSR count). The van der Waals surface area contributed by atoms with Crippen molar-refractivity contribution in [1.82, 2.24) is 10.2 Å². The molecule has 0 amide bonds. The molecule has 5 heteroatoms. The normalized spacial score (nSPS) is 14.4. The molecule has 0 saturated carbocycles. The van der Waals surface area contributed by atoms with Crippen LogP contribution in [0.4, 0.5) is 5.69 Å². The van der Waals surface area contributed by atoms with Crippen LogP contribution in [0.1, 0.15) is 17.7 Å². The molecule has 1 aromatic heterocycles. The first kappa shape index (κ1) is 8.40. The SMILES string of the molecule is O=[N+]([O-])c1cc2c3c([nH]nc3c1)CCC2. The topological polar surface area (TPSA) is 71.8 Å². The number of aromatic amines is 1. The molecule has 0 bridgehead atoms.